The molecule has 1 aromatic heterocycles. The molecule has 0 atom stereocenters. The van der Waals surface area contributed by atoms with Gasteiger partial charge < -0.3 is 19.7 Å². The molecule has 2 aromatic rings. The van der Waals surface area contributed by atoms with E-state index in [-0.39, 0.29) is 23.7 Å². The highest BCUT2D eigenvalue weighted by atomic mass is 16.4. The number of anilines is 1. The molecule has 3 rings (SSSR count). The van der Waals surface area contributed by atoms with Gasteiger partial charge in [0, 0.05) is 29.9 Å². The van der Waals surface area contributed by atoms with Gasteiger partial charge in [-0.25, -0.2) is 0 Å². The van der Waals surface area contributed by atoms with Crippen molar-refractivity contribution in [2.75, 3.05) is 18.4 Å². The number of benzene rings is 1. The molecule has 27 heavy (non-hydrogen) atoms. The number of aryl methyl sites for hydroxylation is 1. The van der Waals surface area contributed by atoms with Gasteiger partial charge in [-0.2, -0.15) is 0 Å². The van der Waals surface area contributed by atoms with Crippen LogP contribution in [0.3, 0.4) is 0 Å². The van der Waals surface area contributed by atoms with E-state index in [9.17, 15) is 14.4 Å². The summed E-state index contributed by atoms with van der Waals surface area (Å²) in [4.78, 5) is 38.0. The molecule has 0 saturated carbocycles. The summed E-state index contributed by atoms with van der Waals surface area (Å²) in [6.07, 6.45) is 4.15. The number of carbonyl (C=O) groups is 3. The zero-order chi connectivity index (χ0) is 19.4. The van der Waals surface area contributed by atoms with Crippen LogP contribution in [0.1, 0.15) is 51.3 Å². The number of furan rings is 1. The Hall–Kier alpha value is -3.09. The van der Waals surface area contributed by atoms with Gasteiger partial charge in [0.15, 0.2) is 0 Å². The van der Waals surface area contributed by atoms with Crippen molar-refractivity contribution in [1.82, 2.24) is 4.90 Å². The molecular formula is C20H22N2O5. The summed E-state index contributed by atoms with van der Waals surface area (Å²) in [6, 6.07) is 6.77. The number of rotatable bonds is 5. The van der Waals surface area contributed by atoms with Crippen molar-refractivity contribution < 1.29 is 23.9 Å². The van der Waals surface area contributed by atoms with Gasteiger partial charge in [0.2, 0.25) is 0 Å². The molecule has 142 valence electrons. The zero-order valence-corrected chi connectivity index (χ0v) is 15.2. The first-order valence-electron chi connectivity index (χ1n) is 8.95. The number of carboxylic acids is 1. The number of nitrogens with one attached hydrogen (secondary N) is 1. The van der Waals surface area contributed by atoms with E-state index < -0.39 is 11.9 Å². The Morgan fingerprint density at radius 2 is 1.93 bits per heavy atom. The summed E-state index contributed by atoms with van der Waals surface area (Å²) in [5, 5.41) is 11.7. The largest absolute Gasteiger partial charge is 0.481 e. The van der Waals surface area contributed by atoms with Crippen molar-refractivity contribution in [3.05, 3.63) is 53.0 Å². The average molecular weight is 370 g/mol. The van der Waals surface area contributed by atoms with Crippen LogP contribution in [0, 0.1) is 6.92 Å². The molecule has 1 aromatic carbocycles. The predicted molar refractivity (Wildman–Crippen MR) is 98.9 cm³/mol. The predicted octanol–water partition coefficient (Wildman–Crippen LogP) is 3.09. The zero-order valence-electron chi connectivity index (χ0n) is 15.2. The molecule has 0 aliphatic carbocycles. The van der Waals surface area contributed by atoms with Crippen LogP contribution in [0.2, 0.25) is 0 Å². The van der Waals surface area contributed by atoms with Crippen molar-refractivity contribution in [3.63, 3.8) is 0 Å². The summed E-state index contributed by atoms with van der Waals surface area (Å²) in [5.41, 5.74) is 1.77. The van der Waals surface area contributed by atoms with Crippen molar-refractivity contribution in [1.29, 1.82) is 0 Å². The maximum Gasteiger partial charge on any atom is 0.311 e. The monoisotopic (exact) mass is 370 g/mol. The van der Waals surface area contributed by atoms with Gasteiger partial charge in [-0.1, -0.05) is 6.07 Å². The number of piperidine rings is 1. The number of aliphatic carboxylic acids is 1. The first-order valence-corrected chi connectivity index (χ1v) is 8.95. The van der Waals surface area contributed by atoms with Crippen LogP contribution in [0.25, 0.3) is 0 Å². The van der Waals surface area contributed by atoms with Crippen molar-refractivity contribution in [2.45, 2.75) is 32.6 Å². The molecule has 1 aliphatic heterocycles. The molecule has 1 fully saturated rings. The SMILES string of the molecule is Cc1coc(CC(=O)O)c1C(=O)Nc1cccc(C(=O)N2CCCCC2)c1. The molecular weight excluding hydrogens is 348 g/mol. The van der Waals surface area contributed by atoms with E-state index in [1.54, 1.807) is 31.2 Å². The third-order valence-corrected chi connectivity index (χ3v) is 4.60. The van der Waals surface area contributed by atoms with Gasteiger partial charge in [-0.3, -0.25) is 14.4 Å². The summed E-state index contributed by atoms with van der Waals surface area (Å²) in [6.45, 7) is 3.18. The fourth-order valence-electron chi connectivity index (χ4n) is 3.27. The molecule has 0 spiro atoms. The quantitative estimate of drug-likeness (QED) is 0.842. The van der Waals surface area contributed by atoms with Crippen LogP contribution in [-0.4, -0.2) is 40.9 Å². The number of carbonyl (C=O) groups excluding carboxylic acids is 2. The van der Waals surface area contributed by atoms with Crippen LogP contribution in [0.4, 0.5) is 5.69 Å². The second-order valence-electron chi connectivity index (χ2n) is 6.68. The Balaban J connectivity index is 1.76. The van der Waals surface area contributed by atoms with Gasteiger partial charge in [-0.15, -0.1) is 0 Å². The number of nitrogens with zero attached hydrogens (tertiary/aromatic N) is 1. The van der Waals surface area contributed by atoms with E-state index in [2.05, 4.69) is 5.32 Å². The van der Waals surface area contributed by atoms with Crippen LogP contribution in [-0.2, 0) is 11.2 Å². The molecule has 0 bridgehead atoms. The van der Waals surface area contributed by atoms with Crippen LogP contribution >= 0.6 is 0 Å². The number of carboxylic acid groups (broad SMARTS) is 1. The Kier molecular flexibility index (Phi) is 5.59. The normalized spacial score (nSPS) is 14.0. The first kappa shape index (κ1) is 18.7. The fraction of sp³-hybridized carbons (Fsp3) is 0.350. The highest BCUT2D eigenvalue weighted by Crippen LogP contribution is 2.21. The lowest BCUT2D eigenvalue weighted by molar-refractivity contribution is -0.136. The minimum absolute atomic E-state index is 0.0446. The number of likely N-dealkylation sites (tertiary alicyclic amines) is 1. The summed E-state index contributed by atoms with van der Waals surface area (Å²) >= 11 is 0. The fourth-order valence-corrected chi connectivity index (χ4v) is 3.27. The maximum absolute atomic E-state index is 12.6. The summed E-state index contributed by atoms with van der Waals surface area (Å²) < 4.78 is 5.20. The Morgan fingerprint density at radius 1 is 1.19 bits per heavy atom. The van der Waals surface area contributed by atoms with Crippen molar-refractivity contribution >= 4 is 23.5 Å². The Morgan fingerprint density at radius 3 is 2.63 bits per heavy atom. The van der Waals surface area contributed by atoms with Crippen LogP contribution in [0.5, 0.6) is 0 Å². The van der Waals surface area contributed by atoms with Crippen molar-refractivity contribution in [3.8, 4) is 0 Å². The lowest BCUT2D eigenvalue weighted by atomic mass is 10.1. The molecule has 2 heterocycles. The minimum Gasteiger partial charge on any atom is -0.481 e. The summed E-state index contributed by atoms with van der Waals surface area (Å²) in [5.74, 6) is -1.47. The molecule has 1 saturated heterocycles. The van der Waals surface area contributed by atoms with E-state index in [1.165, 1.54) is 6.26 Å². The van der Waals surface area contributed by atoms with E-state index in [1.807, 2.05) is 4.90 Å². The Labute approximate surface area is 157 Å². The van der Waals surface area contributed by atoms with E-state index in [0.29, 0.717) is 16.8 Å². The number of amides is 2. The van der Waals surface area contributed by atoms with Gasteiger partial charge in [0.25, 0.3) is 11.8 Å². The topological polar surface area (TPSA) is 99.8 Å². The third kappa shape index (κ3) is 4.36. The minimum atomic E-state index is -1.08. The van der Waals surface area contributed by atoms with E-state index in [4.69, 9.17) is 9.52 Å². The van der Waals surface area contributed by atoms with Gasteiger partial charge in [0.05, 0.1) is 11.8 Å². The lowest BCUT2D eigenvalue weighted by Gasteiger charge is -2.26. The molecule has 7 heteroatoms. The summed E-state index contributed by atoms with van der Waals surface area (Å²) in [7, 11) is 0. The molecule has 0 radical (unpaired) electrons. The molecule has 1 aliphatic rings. The van der Waals surface area contributed by atoms with Crippen LogP contribution < -0.4 is 5.32 Å². The second kappa shape index (κ2) is 8.07. The molecule has 2 N–H and O–H groups in total. The second-order valence-corrected chi connectivity index (χ2v) is 6.68. The number of hydrogen-bond donors (Lipinski definition) is 2. The van der Waals surface area contributed by atoms with E-state index in [0.717, 1.165) is 32.4 Å². The smallest absolute Gasteiger partial charge is 0.311 e. The van der Waals surface area contributed by atoms with Crippen molar-refractivity contribution in [2.24, 2.45) is 0 Å². The third-order valence-electron chi connectivity index (χ3n) is 4.60. The van der Waals surface area contributed by atoms with Crippen LogP contribution in [0.15, 0.2) is 34.9 Å². The molecule has 0 unspecified atom stereocenters. The standard InChI is InChI=1S/C20H22N2O5/c1-13-12-27-16(11-17(23)24)18(13)19(25)21-15-7-5-6-14(10-15)20(26)22-8-3-2-4-9-22/h5-7,10,12H,2-4,8-9,11H2,1H3,(H,21,25)(H,23,24). The highest BCUT2D eigenvalue weighted by molar-refractivity contribution is 6.07. The first-order chi connectivity index (χ1) is 13.0. The molecule has 7 nitrogen and oxygen atoms in total. The van der Waals surface area contributed by atoms with Gasteiger partial charge in [0.1, 0.15) is 12.2 Å². The van der Waals surface area contributed by atoms with Gasteiger partial charge >= 0.3 is 5.97 Å². The Bertz CT molecular complexity index is 865. The van der Waals surface area contributed by atoms with Gasteiger partial charge in [-0.05, 0) is 44.4 Å². The lowest BCUT2D eigenvalue weighted by Crippen LogP contribution is -2.35. The maximum atomic E-state index is 12.6. The van der Waals surface area contributed by atoms with E-state index >= 15 is 0 Å². The highest BCUT2D eigenvalue weighted by Gasteiger charge is 2.22. The average Bonchev–Trinajstić information content (AvgIpc) is 3.01. The molecule has 2 amide bonds. The number of hydrogen-bond acceptors (Lipinski definition) is 4.